The fourth-order valence-electron chi connectivity index (χ4n) is 2.90. The van der Waals surface area contributed by atoms with Gasteiger partial charge in [0.05, 0.1) is 17.9 Å². The molecule has 0 aromatic heterocycles. The highest BCUT2D eigenvalue weighted by molar-refractivity contribution is 5.99. The fraction of sp³-hybridized carbons (Fsp3) is 0.167. The summed E-state index contributed by atoms with van der Waals surface area (Å²) in [5.74, 6) is -0.458. The van der Waals surface area contributed by atoms with Gasteiger partial charge >= 0.3 is 5.97 Å². The number of amides is 1. The first-order valence-corrected chi connectivity index (χ1v) is 9.43. The van der Waals surface area contributed by atoms with Crippen molar-refractivity contribution in [1.82, 2.24) is 0 Å². The Balaban J connectivity index is 1.86. The van der Waals surface area contributed by atoms with Crippen LogP contribution in [0.1, 0.15) is 34.5 Å². The molecule has 3 rings (SSSR count). The number of benzene rings is 3. The van der Waals surface area contributed by atoms with Gasteiger partial charge in [-0.05, 0) is 38.1 Å². The first-order valence-electron chi connectivity index (χ1n) is 9.43. The minimum Gasteiger partial charge on any atom is -0.492 e. The van der Waals surface area contributed by atoms with Crippen molar-refractivity contribution in [2.45, 2.75) is 20.0 Å². The molecule has 0 aliphatic carbocycles. The number of nitrogens with one attached hydrogen (secondary N) is 1. The molecule has 3 aromatic rings. The minimum atomic E-state index is -1.10. The lowest BCUT2D eigenvalue weighted by atomic mass is 10.1. The molecule has 0 radical (unpaired) electrons. The van der Waals surface area contributed by atoms with Gasteiger partial charge in [0.2, 0.25) is 6.10 Å². The molecular formula is C24H23NO4. The van der Waals surface area contributed by atoms with Crippen LogP contribution in [0.3, 0.4) is 0 Å². The first-order chi connectivity index (χ1) is 14.1. The summed E-state index contributed by atoms with van der Waals surface area (Å²) < 4.78 is 11.2. The number of esters is 1. The van der Waals surface area contributed by atoms with Gasteiger partial charge in [-0.2, -0.15) is 0 Å². The molecule has 0 unspecified atom stereocenters. The zero-order valence-corrected chi connectivity index (χ0v) is 16.4. The number of aryl methyl sites for hydroxylation is 1. The predicted molar refractivity (Wildman–Crippen MR) is 112 cm³/mol. The standard InChI is InChI=1S/C24H23NO4/c1-3-28-21-15-8-7-14-20(21)25-23(26)22(18-11-5-4-6-12-18)29-24(27)19-13-9-10-17(2)16-19/h4-16,22H,3H2,1-2H3,(H,25,26)/t22-/m1/s1. The summed E-state index contributed by atoms with van der Waals surface area (Å²) in [6, 6.07) is 23.1. The Morgan fingerprint density at radius 3 is 2.38 bits per heavy atom. The minimum absolute atomic E-state index is 0.397. The van der Waals surface area contributed by atoms with Crippen molar-refractivity contribution in [2.75, 3.05) is 11.9 Å². The second kappa shape index (κ2) is 9.55. The van der Waals surface area contributed by atoms with E-state index in [0.29, 0.717) is 29.2 Å². The molecule has 3 aromatic carbocycles. The van der Waals surface area contributed by atoms with E-state index in [1.165, 1.54) is 0 Å². The van der Waals surface area contributed by atoms with E-state index in [1.54, 1.807) is 60.7 Å². The second-order valence-corrected chi connectivity index (χ2v) is 6.48. The van der Waals surface area contributed by atoms with Crippen molar-refractivity contribution in [3.05, 3.63) is 95.6 Å². The number of rotatable bonds is 7. The molecule has 0 aliphatic rings. The quantitative estimate of drug-likeness (QED) is 0.582. The van der Waals surface area contributed by atoms with Crippen LogP contribution in [0.25, 0.3) is 0 Å². The number of carbonyl (C=O) groups excluding carboxylic acids is 2. The van der Waals surface area contributed by atoms with Crippen molar-refractivity contribution in [2.24, 2.45) is 0 Å². The molecular weight excluding hydrogens is 366 g/mol. The Labute approximate surface area is 170 Å². The SMILES string of the molecule is CCOc1ccccc1NC(=O)[C@H](OC(=O)c1cccc(C)c1)c1ccccc1. The molecule has 29 heavy (non-hydrogen) atoms. The Morgan fingerprint density at radius 1 is 0.931 bits per heavy atom. The molecule has 0 aliphatic heterocycles. The highest BCUT2D eigenvalue weighted by atomic mass is 16.5. The lowest BCUT2D eigenvalue weighted by molar-refractivity contribution is -0.125. The van der Waals surface area contributed by atoms with Gasteiger partial charge in [-0.1, -0.05) is 60.2 Å². The Kier molecular flexibility index (Phi) is 6.63. The van der Waals surface area contributed by atoms with Crippen LogP contribution >= 0.6 is 0 Å². The van der Waals surface area contributed by atoms with Gasteiger partial charge in [-0.15, -0.1) is 0 Å². The van der Waals surface area contributed by atoms with Crippen LogP contribution in [0.5, 0.6) is 5.75 Å². The van der Waals surface area contributed by atoms with Crippen LogP contribution in [0.2, 0.25) is 0 Å². The van der Waals surface area contributed by atoms with Crippen LogP contribution in [0.15, 0.2) is 78.9 Å². The van der Waals surface area contributed by atoms with Gasteiger partial charge in [0.15, 0.2) is 0 Å². The number of hydrogen-bond donors (Lipinski definition) is 1. The smallest absolute Gasteiger partial charge is 0.339 e. The molecule has 0 spiro atoms. The number of ether oxygens (including phenoxy) is 2. The number of carbonyl (C=O) groups is 2. The maximum atomic E-state index is 13.1. The van der Waals surface area contributed by atoms with Gasteiger partial charge in [0.25, 0.3) is 5.91 Å². The number of hydrogen-bond acceptors (Lipinski definition) is 4. The van der Waals surface area contributed by atoms with Gasteiger partial charge in [-0.25, -0.2) is 4.79 Å². The second-order valence-electron chi connectivity index (χ2n) is 6.48. The van der Waals surface area contributed by atoms with E-state index < -0.39 is 18.0 Å². The third-order valence-corrected chi connectivity index (χ3v) is 4.26. The van der Waals surface area contributed by atoms with Gasteiger partial charge in [-0.3, -0.25) is 4.79 Å². The Morgan fingerprint density at radius 2 is 1.66 bits per heavy atom. The first kappa shape index (κ1) is 20.1. The summed E-state index contributed by atoms with van der Waals surface area (Å²) in [4.78, 5) is 25.7. The molecule has 0 saturated carbocycles. The molecule has 5 nitrogen and oxygen atoms in total. The summed E-state index contributed by atoms with van der Waals surface area (Å²) in [6.07, 6.45) is -1.10. The molecule has 1 atom stereocenters. The van der Waals surface area contributed by atoms with Gasteiger partial charge in [0.1, 0.15) is 5.75 Å². The van der Waals surface area contributed by atoms with Crippen molar-refractivity contribution in [1.29, 1.82) is 0 Å². The zero-order valence-electron chi connectivity index (χ0n) is 16.4. The fourth-order valence-corrected chi connectivity index (χ4v) is 2.90. The highest BCUT2D eigenvalue weighted by Gasteiger charge is 2.26. The van der Waals surface area contributed by atoms with E-state index >= 15 is 0 Å². The molecule has 1 N–H and O–H groups in total. The highest BCUT2D eigenvalue weighted by Crippen LogP contribution is 2.27. The lowest BCUT2D eigenvalue weighted by Gasteiger charge is -2.19. The summed E-state index contributed by atoms with van der Waals surface area (Å²) in [6.45, 7) is 4.23. The average Bonchev–Trinajstić information content (AvgIpc) is 2.74. The lowest BCUT2D eigenvalue weighted by Crippen LogP contribution is -2.26. The molecule has 148 valence electrons. The molecule has 0 fully saturated rings. The maximum Gasteiger partial charge on any atom is 0.339 e. The van der Waals surface area contributed by atoms with Crippen LogP contribution in [0.4, 0.5) is 5.69 Å². The summed E-state index contributed by atoms with van der Waals surface area (Å²) in [5.41, 5.74) is 2.44. The number of anilines is 1. The summed E-state index contributed by atoms with van der Waals surface area (Å²) in [5, 5.41) is 2.82. The molecule has 0 heterocycles. The molecule has 1 amide bonds. The normalized spacial score (nSPS) is 11.4. The number of para-hydroxylation sites is 2. The third kappa shape index (κ3) is 5.23. The van der Waals surface area contributed by atoms with E-state index in [4.69, 9.17) is 9.47 Å². The van der Waals surface area contributed by atoms with Gasteiger partial charge < -0.3 is 14.8 Å². The Hall–Kier alpha value is -3.60. The van der Waals surface area contributed by atoms with Crippen molar-refractivity contribution >= 4 is 17.6 Å². The maximum absolute atomic E-state index is 13.1. The van der Waals surface area contributed by atoms with Gasteiger partial charge in [0, 0.05) is 5.56 Å². The van der Waals surface area contributed by atoms with Crippen molar-refractivity contribution in [3.63, 3.8) is 0 Å². The average molecular weight is 389 g/mol. The monoisotopic (exact) mass is 389 g/mol. The van der Waals surface area contributed by atoms with E-state index in [2.05, 4.69) is 5.32 Å². The van der Waals surface area contributed by atoms with Crippen LogP contribution in [-0.2, 0) is 9.53 Å². The van der Waals surface area contributed by atoms with Crippen molar-refractivity contribution in [3.8, 4) is 5.75 Å². The molecule has 5 heteroatoms. The van der Waals surface area contributed by atoms with E-state index in [1.807, 2.05) is 32.0 Å². The van der Waals surface area contributed by atoms with Crippen molar-refractivity contribution < 1.29 is 19.1 Å². The molecule has 0 bridgehead atoms. The third-order valence-electron chi connectivity index (χ3n) is 4.26. The van der Waals surface area contributed by atoms with E-state index in [-0.39, 0.29) is 0 Å². The largest absolute Gasteiger partial charge is 0.492 e. The van der Waals surface area contributed by atoms with Crippen LogP contribution in [-0.4, -0.2) is 18.5 Å². The Bertz CT molecular complexity index is 985. The topological polar surface area (TPSA) is 64.6 Å². The van der Waals surface area contributed by atoms with Crippen LogP contribution < -0.4 is 10.1 Å². The van der Waals surface area contributed by atoms with E-state index in [0.717, 1.165) is 5.56 Å². The van der Waals surface area contributed by atoms with E-state index in [9.17, 15) is 9.59 Å². The summed E-state index contributed by atoms with van der Waals surface area (Å²) in [7, 11) is 0. The summed E-state index contributed by atoms with van der Waals surface area (Å²) >= 11 is 0. The zero-order chi connectivity index (χ0) is 20.6. The molecule has 0 saturated heterocycles. The predicted octanol–water partition coefficient (Wildman–Crippen LogP) is 4.93. The van der Waals surface area contributed by atoms with Crippen LogP contribution in [0, 0.1) is 6.92 Å².